The third kappa shape index (κ3) is 5.43. The van der Waals surface area contributed by atoms with Crippen molar-refractivity contribution in [1.82, 2.24) is 9.78 Å². The van der Waals surface area contributed by atoms with Gasteiger partial charge in [-0.2, -0.15) is 5.10 Å². The fourth-order valence-corrected chi connectivity index (χ4v) is 2.72. The van der Waals surface area contributed by atoms with Gasteiger partial charge in [-0.3, -0.25) is 14.4 Å². The highest BCUT2D eigenvalue weighted by molar-refractivity contribution is 6.42. The fourth-order valence-electron chi connectivity index (χ4n) is 2.43. The number of rotatable bonds is 5. The minimum absolute atomic E-state index is 0.00696. The zero-order valence-electron chi connectivity index (χ0n) is 15.3. The van der Waals surface area contributed by atoms with Crippen molar-refractivity contribution in [1.29, 1.82) is 0 Å². The molecule has 0 saturated heterocycles. The quantitative estimate of drug-likeness (QED) is 0.644. The Morgan fingerprint density at radius 1 is 0.931 bits per heavy atom. The number of benzene rings is 2. The molecule has 0 bridgehead atoms. The molecule has 3 rings (SSSR count). The van der Waals surface area contributed by atoms with E-state index in [2.05, 4.69) is 15.7 Å². The largest absolute Gasteiger partial charge is 0.324 e. The molecule has 7 nitrogen and oxygen atoms in total. The second-order valence-electron chi connectivity index (χ2n) is 6.21. The van der Waals surface area contributed by atoms with Crippen LogP contribution in [0.5, 0.6) is 0 Å². The summed E-state index contributed by atoms with van der Waals surface area (Å²) < 4.78 is 0.914. The number of hydrogen-bond donors (Lipinski definition) is 2. The van der Waals surface area contributed by atoms with Crippen LogP contribution in [-0.4, -0.2) is 21.6 Å². The molecule has 3 aromatic rings. The van der Waals surface area contributed by atoms with E-state index in [1.54, 1.807) is 24.3 Å². The lowest BCUT2D eigenvalue weighted by Crippen LogP contribution is -2.31. The smallest absolute Gasteiger partial charge is 0.276 e. The maximum Gasteiger partial charge on any atom is 0.276 e. The van der Waals surface area contributed by atoms with Gasteiger partial charge in [0.15, 0.2) is 0 Å². The van der Waals surface area contributed by atoms with Crippen LogP contribution < -0.4 is 16.2 Å². The van der Waals surface area contributed by atoms with Crippen LogP contribution in [0.25, 0.3) is 0 Å². The first-order chi connectivity index (χ1) is 13.8. The summed E-state index contributed by atoms with van der Waals surface area (Å²) in [6.07, 6.45) is 0. The van der Waals surface area contributed by atoms with Crippen LogP contribution in [0.3, 0.4) is 0 Å². The Morgan fingerprint density at radius 2 is 1.62 bits per heavy atom. The predicted octanol–water partition coefficient (Wildman–Crippen LogP) is 3.75. The second-order valence-corrected chi connectivity index (χ2v) is 7.03. The Kier molecular flexibility index (Phi) is 6.31. The van der Waals surface area contributed by atoms with Gasteiger partial charge >= 0.3 is 0 Å². The molecule has 0 atom stereocenters. The summed E-state index contributed by atoms with van der Waals surface area (Å²) in [4.78, 5) is 36.7. The molecule has 0 spiro atoms. The summed E-state index contributed by atoms with van der Waals surface area (Å²) in [5.41, 5.74) is 1.57. The molecule has 29 heavy (non-hydrogen) atoms. The number of aromatic nitrogens is 2. The van der Waals surface area contributed by atoms with Crippen LogP contribution in [0.15, 0.2) is 59.4 Å². The molecule has 0 fully saturated rings. The fraction of sp³-hybridized carbons (Fsp3) is 0.100. The normalized spacial score (nSPS) is 10.4. The molecular weight excluding hydrogens is 415 g/mol. The number of anilines is 2. The maximum absolute atomic E-state index is 12.4. The molecule has 0 unspecified atom stereocenters. The lowest BCUT2D eigenvalue weighted by Gasteiger charge is -2.09. The van der Waals surface area contributed by atoms with Gasteiger partial charge in [0.25, 0.3) is 11.5 Å². The number of nitrogens with one attached hydrogen (secondary N) is 2. The maximum atomic E-state index is 12.4. The summed E-state index contributed by atoms with van der Waals surface area (Å²) in [5.74, 6) is -0.999. The molecule has 1 heterocycles. The zero-order valence-corrected chi connectivity index (χ0v) is 16.8. The minimum atomic E-state index is -0.513. The summed E-state index contributed by atoms with van der Waals surface area (Å²) in [6, 6.07) is 14.3. The number of nitrogens with zero attached hydrogens (tertiary/aromatic N) is 2. The minimum Gasteiger partial charge on any atom is -0.324 e. The molecule has 2 aromatic carbocycles. The molecule has 148 valence electrons. The van der Waals surface area contributed by atoms with Crippen LogP contribution in [0, 0.1) is 6.92 Å². The average Bonchev–Trinajstić information content (AvgIpc) is 2.68. The zero-order chi connectivity index (χ0) is 21.0. The van der Waals surface area contributed by atoms with Crippen molar-refractivity contribution in [2.24, 2.45) is 0 Å². The highest BCUT2D eigenvalue weighted by atomic mass is 35.5. The van der Waals surface area contributed by atoms with Crippen LogP contribution in [-0.2, 0) is 11.3 Å². The first kappa shape index (κ1) is 20.6. The summed E-state index contributed by atoms with van der Waals surface area (Å²) in [5, 5.41) is 9.92. The third-order valence-electron chi connectivity index (χ3n) is 3.91. The number of hydrogen-bond acceptors (Lipinski definition) is 4. The van der Waals surface area contributed by atoms with Gasteiger partial charge in [0.1, 0.15) is 12.2 Å². The van der Waals surface area contributed by atoms with E-state index in [1.165, 1.54) is 18.2 Å². The topological polar surface area (TPSA) is 93.1 Å². The Labute approximate surface area is 176 Å². The summed E-state index contributed by atoms with van der Waals surface area (Å²) in [6.45, 7) is 1.57. The first-order valence-corrected chi connectivity index (χ1v) is 9.28. The molecule has 2 N–H and O–H groups in total. The number of carbonyl (C=O) groups excluding carboxylic acids is 2. The Balaban J connectivity index is 1.71. The van der Waals surface area contributed by atoms with E-state index >= 15 is 0 Å². The highest BCUT2D eigenvalue weighted by Crippen LogP contribution is 2.24. The Morgan fingerprint density at radius 3 is 2.31 bits per heavy atom. The van der Waals surface area contributed by atoms with Gasteiger partial charge in [-0.15, -0.1) is 0 Å². The van der Waals surface area contributed by atoms with Gasteiger partial charge in [-0.1, -0.05) is 40.9 Å². The number of amides is 2. The lowest BCUT2D eigenvalue weighted by molar-refractivity contribution is -0.117. The van der Waals surface area contributed by atoms with Crippen molar-refractivity contribution >= 4 is 46.4 Å². The molecule has 0 aliphatic carbocycles. The van der Waals surface area contributed by atoms with E-state index < -0.39 is 17.4 Å². The van der Waals surface area contributed by atoms with Crippen LogP contribution in [0.1, 0.15) is 16.1 Å². The molecule has 2 amide bonds. The SMILES string of the molecule is Cc1ccc(NC(=O)c2ccc(=O)n(CC(=O)Nc3ccc(Cl)c(Cl)c3)n2)cc1. The molecule has 9 heteroatoms. The van der Waals surface area contributed by atoms with Gasteiger partial charge in [-0.25, -0.2) is 4.68 Å². The first-order valence-electron chi connectivity index (χ1n) is 8.53. The van der Waals surface area contributed by atoms with Crippen molar-refractivity contribution in [3.05, 3.63) is 86.3 Å². The molecule has 0 aliphatic rings. The molecule has 0 radical (unpaired) electrons. The standard InChI is InChI=1S/C20H16Cl2N4O3/c1-12-2-4-13(5-3-12)24-20(29)17-8-9-19(28)26(25-17)11-18(27)23-14-6-7-15(21)16(22)10-14/h2-10H,11H2,1H3,(H,23,27)(H,24,29). The molecule has 1 aromatic heterocycles. The van der Waals surface area contributed by atoms with Crippen molar-refractivity contribution < 1.29 is 9.59 Å². The van der Waals surface area contributed by atoms with Gasteiger partial charge in [0, 0.05) is 17.4 Å². The van der Waals surface area contributed by atoms with Crippen molar-refractivity contribution in [3.63, 3.8) is 0 Å². The van der Waals surface area contributed by atoms with Gasteiger partial charge in [-0.05, 0) is 43.3 Å². The van der Waals surface area contributed by atoms with Crippen LogP contribution >= 0.6 is 23.2 Å². The number of carbonyl (C=O) groups is 2. The van der Waals surface area contributed by atoms with Crippen molar-refractivity contribution in [2.75, 3.05) is 10.6 Å². The van der Waals surface area contributed by atoms with Gasteiger partial charge in [0.05, 0.1) is 10.0 Å². The lowest BCUT2D eigenvalue weighted by atomic mass is 10.2. The molecule has 0 saturated carbocycles. The highest BCUT2D eigenvalue weighted by Gasteiger charge is 2.13. The van der Waals surface area contributed by atoms with E-state index in [1.807, 2.05) is 19.1 Å². The van der Waals surface area contributed by atoms with E-state index in [-0.39, 0.29) is 17.3 Å². The second kappa shape index (κ2) is 8.89. The average molecular weight is 431 g/mol. The molecular formula is C20H16Cl2N4O3. The van der Waals surface area contributed by atoms with E-state index in [9.17, 15) is 14.4 Å². The monoisotopic (exact) mass is 430 g/mol. The van der Waals surface area contributed by atoms with Gasteiger partial charge in [0.2, 0.25) is 5.91 Å². The molecule has 0 aliphatic heterocycles. The number of aryl methyl sites for hydroxylation is 1. The summed E-state index contributed by atoms with van der Waals surface area (Å²) in [7, 11) is 0. The van der Waals surface area contributed by atoms with Crippen molar-refractivity contribution in [3.8, 4) is 0 Å². The summed E-state index contributed by atoms with van der Waals surface area (Å²) >= 11 is 11.8. The number of halogens is 2. The van der Waals surface area contributed by atoms with Crippen LogP contribution in [0.2, 0.25) is 10.0 Å². The van der Waals surface area contributed by atoms with E-state index in [4.69, 9.17) is 23.2 Å². The van der Waals surface area contributed by atoms with E-state index in [0.29, 0.717) is 16.4 Å². The predicted molar refractivity (Wildman–Crippen MR) is 113 cm³/mol. The van der Waals surface area contributed by atoms with Crippen molar-refractivity contribution in [2.45, 2.75) is 13.5 Å². The Bertz CT molecular complexity index is 1130. The Hall–Kier alpha value is -3.16. The third-order valence-corrected chi connectivity index (χ3v) is 4.64. The van der Waals surface area contributed by atoms with Gasteiger partial charge < -0.3 is 10.6 Å². The van der Waals surface area contributed by atoms with Crippen LogP contribution in [0.4, 0.5) is 11.4 Å². The van der Waals surface area contributed by atoms with E-state index in [0.717, 1.165) is 10.2 Å².